The fourth-order valence-corrected chi connectivity index (χ4v) is 8.54. The van der Waals surface area contributed by atoms with Crippen molar-refractivity contribution in [2.75, 3.05) is 10.5 Å². The van der Waals surface area contributed by atoms with Crippen LogP contribution in [0.4, 0.5) is 5.69 Å². The maximum absolute atomic E-state index is 13.0. The van der Waals surface area contributed by atoms with Crippen molar-refractivity contribution < 1.29 is 16.8 Å². The van der Waals surface area contributed by atoms with Gasteiger partial charge in [-0.3, -0.25) is 4.72 Å². The molecule has 0 amide bonds. The number of hydrogen-bond acceptors (Lipinski definition) is 4. The van der Waals surface area contributed by atoms with Crippen molar-refractivity contribution in [1.29, 1.82) is 0 Å². The lowest BCUT2D eigenvalue weighted by atomic mass is 9.53. The summed E-state index contributed by atoms with van der Waals surface area (Å²) in [6.45, 7) is 1.94. The Hall–Kier alpha value is -1.12. The van der Waals surface area contributed by atoms with Gasteiger partial charge in [0.15, 0.2) is 0 Å². The Morgan fingerprint density at radius 2 is 1.46 bits per heavy atom. The standard InChI is InChI=1S/C20H30N2O4S2/c1-2-3-8-27(23,24)21-18-4-6-19(7-5-18)28(25,26)22-20-12-15-9-16(13-20)11-17(10-15)14-20/h4-7,15-17,21-22H,2-3,8-14H2,1H3. The fourth-order valence-electron chi connectivity index (χ4n) is 5.85. The molecule has 2 N–H and O–H groups in total. The van der Waals surface area contributed by atoms with Gasteiger partial charge >= 0.3 is 0 Å². The molecule has 8 heteroatoms. The Labute approximate surface area is 168 Å². The first-order chi connectivity index (χ1) is 13.2. The van der Waals surface area contributed by atoms with E-state index in [4.69, 9.17) is 0 Å². The van der Waals surface area contributed by atoms with Crippen molar-refractivity contribution in [2.45, 2.75) is 68.7 Å². The maximum Gasteiger partial charge on any atom is 0.241 e. The SMILES string of the molecule is CCCCS(=O)(=O)Nc1ccc(S(=O)(=O)NC23CC4CC(CC(C4)C2)C3)cc1. The van der Waals surface area contributed by atoms with Gasteiger partial charge < -0.3 is 0 Å². The number of hydrogen-bond donors (Lipinski definition) is 2. The zero-order chi connectivity index (χ0) is 20.0. The van der Waals surface area contributed by atoms with E-state index in [0.29, 0.717) is 29.9 Å². The van der Waals surface area contributed by atoms with E-state index in [0.717, 1.165) is 25.7 Å². The molecule has 0 aromatic heterocycles. The van der Waals surface area contributed by atoms with E-state index in [-0.39, 0.29) is 16.2 Å². The largest absolute Gasteiger partial charge is 0.284 e. The van der Waals surface area contributed by atoms with Gasteiger partial charge in [-0.15, -0.1) is 0 Å². The highest BCUT2D eigenvalue weighted by molar-refractivity contribution is 7.92. The summed E-state index contributed by atoms with van der Waals surface area (Å²) < 4.78 is 55.6. The second kappa shape index (κ2) is 7.29. The molecule has 0 spiro atoms. The normalized spacial score (nSPS) is 31.8. The molecule has 5 rings (SSSR count). The first-order valence-electron chi connectivity index (χ1n) is 10.3. The van der Waals surface area contributed by atoms with Gasteiger partial charge in [0.05, 0.1) is 10.6 Å². The molecule has 0 heterocycles. The van der Waals surface area contributed by atoms with Crippen LogP contribution in [0.15, 0.2) is 29.2 Å². The highest BCUT2D eigenvalue weighted by atomic mass is 32.2. The predicted octanol–water partition coefficient (Wildman–Crippen LogP) is 3.48. The molecular weight excluding hydrogens is 396 g/mol. The van der Waals surface area contributed by atoms with Gasteiger partial charge in [0.25, 0.3) is 0 Å². The maximum atomic E-state index is 13.0. The molecule has 4 bridgehead atoms. The molecule has 28 heavy (non-hydrogen) atoms. The zero-order valence-electron chi connectivity index (χ0n) is 16.4. The zero-order valence-corrected chi connectivity index (χ0v) is 18.0. The van der Waals surface area contributed by atoms with Crippen molar-refractivity contribution in [2.24, 2.45) is 17.8 Å². The van der Waals surface area contributed by atoms with Crippen LogP contribution in [0.3, 0.4) is 0 Å². The molecule has 4 aliphatic rings. The van der Waals surface area contributed by atoms with Crippen molar-refractivity contribution >= 4 is 25.7 Å². The molecule has 6 nitrogen and oxygen atoms in total. The summed E-state index contributed by atoms with van der Waals surface area (Å²) in [7, 11) is -7.02. The summed E-state index contributed by atoms with van der Waals surface area (Å²) in [4.78, 5) is 0.194. The van der Waals surface area contributed by atoms with E-state index < -0.39 is 20.0 Å². The van der Waals surface area contributed by atoms with E-state index in [1.165, 1.54) is 43.5 Å². The van der Waals surface area contributed by atoms with Crippen LogP contribution in [0.5, 0.6) is 0 Å². The summed E-state index contributed by atoms with van der Waals surface area (Å²) in [5.41, 5.74) is 0.110. The van der Waals surface area contributed by atoms with Crippen molar-refractivity contribution in [1.82, 2.24) is 4.72 Å². The van der Waals surface area contributed by atoms with Crippen LogP contribution in [-0.2, 0) is 20.0 Å². The van der Waals surface area contributed by atoms with Crippen LogP contribution in [0.2, 0.25) is 0 Å². The fraction of sp³-hybridized carbons (Fsp3) is 0.700. The summed E-state index contributed by atoms with van der Waals surface area (Å²) in [6, 6.07) is 6.02. The lowest BCUT2D eigenvalue weighted by Gasteiger charge is -2.56. The summed E-state index contributed by atoms with van der Waals surface area (Å²) in [5.74, 6) is 2.05. The molecule has 4 fully saturated rings. The quantitative estimate of drug-likeness (QED) is 0.666. The first-order valence-corrected chi connectivity index (χ1v) is 13.5. The third-order valence-electron chi connectivity index (χ3n) is 6.59. The smallest absolute Gasteiger partial charge is 0.241 e. The van der Waals surface area contributed by atoms with Gasteiger partial charge in [-0.1, -0.05) is 13.3 Å². The molecule has 4 saturated carbocycles. The Bertz CT molecular complexity index is 888. The molecule has 4 aliphatic carbocycles. The van der Waals surface area contributed by atoms with Gasteiger partial charge in [-0.25, -0.2) is 21.6 Å². The summed E-state index contributed by atoms with van der Waals surface area (Å²) >= 11 is 0. The average Bonchev–Trinajstić information content (AvgIpc) is 2.58. The van der Waals surface area contributed by atoms with Crippen molar-refractivity contribution in [3.8, 4) is 0 Å². The number of nitrogens with one attached hydrogen (secondary N) is 2. The molecule has 0 saturated heterocycles. The number of unbranched alkanes of at least 4 members (excludes halogenated alkanes) is 1. The highest BCUT2D eigenvalue weighted by Gasteiger charge is 2.52. The monoisotopic (exact) mass is 426 g/mol. The summed E-state index contributed by atoms with van der Waals surface area (Å²) in [5, 5.41) is 0. The van der Waals surface area contributed by atoms with Crippen LogP contribution in [0.1, 0.15) is 58.3 Å². The second-order valence-corrected chi connectivity index (χ2v) is 12.6. The Kier molecular flexibility index (Phi) is 5.25. The summed E-state index contributed by atoms with van der Waals surface area (Å²) in [6.07, 6.45) is 8.02. The van der Waals surface area contributed by atoms with Gasteiger partial charge in [0.2, 0.25) is 20.0 Å². The number of benzene rings is 1. The number of anilines is 1. The van der Waals surface area contributed by atoms with E-state index >= 15 is 0 Å². The van der Waals surface area contributed by atoms with Crippen LogP contribution >= 0.6 is 0 Å². The Balaban J connectivity index is 1.46. The van der Waals surface area contributed by atoms with Crippen LogP contribution in [0.25, 0.3) is 0 Å². The predicted molar refractivity (Wildman–Crippen MR) is 110 cm³/mol. The average molecular weight is 427 g/mol. The molecule has 1 aromatic rings. The van der Waals surface area contributed by atoms with Crippen LogP contribution < -0.4 is 9.44 Å². The van der Waals surface area contributed by atoms with Gasteiger partial charge in [-0.2, -0.15) is 0 Å². The van der Waals surface area contributed by atoms with Crippen LogP contribution in [-0.4, -0.2) is 28.1 Å². The minimum absolute atomic E-state index is 0.0666. The Morgan fingerprint density at radius 3 is 1.96 bits per heavy atom. The molecule has 156 valence electrons. The molecule has 0 atom stereocenters. The molecule has 0 unspecified atom stereocenters. The van der Waals surface area contributed by atoms with E-state index in [9.17, 15) is 16.8 Å². The van der Waals surface area contributed by atoms with E-state index in [1.807, 2.05) is 6.92 Å². The topological polar surface area (TPSA) is 92.3 Å². The third-order valence-corrected chi connectivity index (χ3v) is 9.56. The number of rotatable bonds is 8. The lowest BCUT2D eigenvalue weighted by molar-refractivity contribution is -0.00810. The second-order valence-electron chi connectivity index (χ2n) is 9.10. The minimum atomic E-state index is -3.62. The number of sulfonamides is 2. The van der Waals surface area contributed by atoms with Crippen LogP contribution in [0, 0.1) is 17.8 Å². The van der Waals surface area contributed by atoms with Crippen molar-refractivity contribution in [3.63, 3.8) is 0 Å². The third kappa shape index (κ3) is 4.24. The highest BCUT2D eigenvalue weighted by Crippen LogP contribution is 2.55. The van der Waals surface area contributed by atoms with E-state index in [1.54, 1.807) is 0 Å². The molecular formula is C20H30N2O4S2. The van der Waals surface area contributed by atoms with Crippen molar-refractivity contribution in [3.05, 3.63) is 24.3 Å². The van der Waals surface area contributed by atoms with Gasteiger partial charge in [-0.05, 0) is 87.0 Å². The van der Waals surface area contributed by atoms with E-state index in [2.05, 4.69) is 9.44 Å². The molecule has 1 aromatic carbocycles. The first kappa shape index (κ1) is 20.2. The van der Waals surface area contributed by atoms with Gasteiger partial charge in [0, 0.05) is 11.2 Å². The Morgan fingerprint density at radius 1 is 0.929 bits per heavy atom. The molecule has 0 radical (unpaired) electrons. The lowest BCUT2D eigenvalue weighted by Crippen LogP contribution is -2.59. The van der Waals surface area contributed by atoms with Gasteiger partial charge in [0.1, 0.15) is 0 Å². The minimum Gasteiger partial charge on any atom is -0.284 e. The molecule has 0 aliphatic heterocycles.